The summed E-state index contributed by atoms with van der Waals surface area (Å²) >= 11 is 0. The first-order valence-electron chi connectivity index (χ1n) is 6.55. The summed E-state index contributed by atoms with van der Waals surface area (Å²) in [7, 11) is 0. The van der Waals surface area contributed by atoms with E-state index in [0.29, 0.717) is 5.82 Å². The first-order chi connectivity index (χ1) is 9.33. The Morgan fingerprint density at radius 2 is 2.05 bits per heavy atom. The lowest BCUT2D eigenvalue weighted by Gasteiger charge is -2.28. The molecule has 5 nitrogen and oxygen atoms in total. The largest absolute Gasteiger partial charge is 0.353 e. The Kier molecular flexibility index (Phi) is 3.37. The van der Waals surface area contributed by atoms with E-state index in [0.717, 1.165) is 37.6 Å². The van der Waals surface area contributed by atoms with Crippen molar-refractivity contribution in [3.8, 4) is 11.4 Å². The van der Waals surface area contributed by atoms with E-state index in [4.69, 9.17) is 0 Å². The zero-order valence-electron chi connectivity index (χ0n) is 11.0. The molecule has 5 heteroatoms. The zero-order valence-corrected chi connectivity index (χ0v) is 11.0. The Morgan fingerprint density at radius 3 is 2.84 bits per heavy atom. The van der Waals surface area contributed by atoms with Gasteiger partial charge in [-0.25, -0.2) is 4.98 Å². The monoisotopic (exact) mass is 255 g/mol. The van der Waals surface area contributed by atoms with Gasteiger partial charge in [0.15, 0.2) is 11.6 Å². The van der Waals surface area contributed by atoms with Gasteiger partial charge in [-0.15, -0.1) is 5.10 Å². The third kappa shape index (κ3) is 2.71. The summed E-state index contributed by atoms with van der Waals surface area (Å²) in [5.74, 6) is 1.60. The second kappa shape index (κ2) is 5.32. The van der Waals surface area contributed by atoms with Crippen LogP contribution in [-0.4, -0.2) is 41.4 Å². The van der Waals surface area contributed by atoms with Crippen LogP contribution in [0.5, 0.6) is 0 Å². The van der Waals surface area contributed by atoms with E-state index in [9.17, 15) is 0 Å². The molecular formula is C14H17N5. The van der Waals surface area contributed by atoms with Crippen LogP contribution in [0.1, 0.15) is 5.56 Å². The molecule has 0 unspecified atom stereocenters. The van der Waals surface area contributed by atoms with E-state index in [2.05, 4.69) is 44.5 Å². The van der Waals surface area contributed by atoms with Crippen LogP contribution in [0.15, 0.2) is 30.5 Å². The maximum absolute atomic E-state index is 4.63. The SMILES string of the molecule is Cc1cccc(-c2nncc(N3CCNCC3)n2)c1. The van der Waals surface area contributed by atoms with E-state index >= 15 is 0 Å². The lowest BCUT2D eigenvalue weighted by atomic mass is 10.1. The summed E-state index contributed by atoms with van der Waals surface area (Å²) < 4.78 is 0. The highest BCUT2D eigenvalue weighted by atomic mass is 15.3. The van der Waals surface area contributed by atoms with Gasteiger partial charge in [0.1, 0.15) is 0 Å². The molecule has 2 aromatic rings. The van der Waals surface area contributed by atoms with Gasteiger partial charge < -0.3 is 10.2 Å². The number of rotatable bonds is 2. The van der Waals surface area contributed by atoms with Gasteiger partial charge in [-0.2, -0.15) is 5.10 Å². The zero-order chi connectivity index (χ0) is 13.1. The van der Waals surface area contributed by atoms with E-state index in [1.165, 1.54) is 5.56 Å². The van der Waals surface area contributed by atoms with Crippen LogP contribution in [-0.2, 0) is 0 Å². The van der Waals surface area contributed by atoms with E-state index in [1.807, 2.05) is 12.1 Å². The molecule has 1 aliphatic rings. The van der Waals surface area contributed by atoms with Gasteiger partial charge in [0, 0.05) is 31.7 Å². The number of aryl methyl sites for hydroxylation is 1. The Balaban J connectivity index is 1.91. The van der Waals surface area contributed by atoms with Crippen LogP contribution in [0, 0.1) is 6.92 Å². The second-order valence-corrected chi connectivity index (χ2v) is 4.74. The predicted octanol–water partition coefficient (Wildman–Crippen LogP) is 1.26. The number of aromatic nitrogens is 3. The summed E-state index contributed by atoms with van der Waals surface area (Å²) in [4.78, 5) is 6.87. The topological polar surface area (TPSA) is 53.9 Å². The van der Waals surface area contributed by atoms with Gasteiger partial charge in [0.2, 0.25) is 0 Å². The third-order valence-electron chi connectivity index (χ3n) is 3.26. The highest BCUT2D eigenvalue weighted by molar-refractivity contribution is 5.57. The molecule has 0 amide bonds. The molecule has 1 aliphatic heterocycles. The average Bonchev–Trinajstić information content (AvgIpc) is 2.48. The smallest absolute Gasteiger partial charge is 0.183 e. The number of piperazine rings is 1. The number of nitrogens with zero attached hydrogens (tertiary/aromatic N) is 4. The molecule has 1 fully saturated rings. The van der Waals surface area contributed by atoms with E-state index in [-0.39, 0.29) is 0 Å². The van der Waals surface area contributed by atoms with Crippen LogP contribution in [0.4, 0.5) is 5.82 Å². The van der Waals surface area contributed by atoms with E-state index < -0.39 is 0 Å². The van der Waals surface area contributed by atoms with Crippen molar-refractivity contribution in [2.45, 2.75) is 6.92 Å². The molecule has 1 N–H and O–H groups in total. The number of hydrogen-bond donors (Lipinski definition) is 1. The van der Waals surface area contributed by atoms with Crippen LogP contribution < -0.4 is 10.2 Å². The number of benzene rings is 1. The van der Waals surface area contributed by atoms with E-state index in [1.54, 1.807) is 6.20 Å². The molecule has 1 saturated heterocycles. The summed E-state index contributed by atoms with van der Waals surface area (Å²) in [6, 6.07) is 8.19. The molecule has 1 aromatic heterocycles. The normalized spacial score (nSPS) is 15.5. The fourth-order valence-electron chi connectivity index (χ4n) is 2.25. The maximum Gasteiger partial charge on any atom is 0.183 e. The van der Waals surface area contributed by atoms with Crippen molar-refractivity contribution in [2.75, 3.05) is 31.1 Å². The molecule has 0 radical (unpaired) electrons. The average molecular weight is 255 g/mol. The third-order valence-corrected chi connectivity index (χ3v) is 3.26. The van der Waals surface area contributed by atoms with Crippen molar-refractivity contribution >= 4 is 5.82 Å². The van der Waals surface area contributed by atoms with Crippen molar-refractivity contribution in [2.24, 2.45) is 0 Å². The molecule has 3 rings (SSSR count). The minimum Gasteiger partial charge on any atom is -0.353 e. The van der Waals surface area contributed by atoms with Gasteiger partial charge in [-0.1, -0.05) is 23.8 Å². The Hall–Kier alpha value is -2.01. The van der Waals surface area contributed by atoms with Crippen LogP contribution in [0.2, 0.25) is 0 Å². The van der Waals surface area contributed by atoms with Crippen molar-refractivity contribution in [3.63, 3.8) is 0 Å². The van der Waals surface area contributed by atoms with Gasteiger partial charge in [-0.3, -0.25) is 0 Å². The molecule has 98 valence electrons. The summed E-state index contributed by atoms with van der Waals surface area (Å²) in [6.07, 6.45) is 1.74. The maximum atomic E-state index is 4.63. The first kappa shape index (κ1) is 12.0. The first-order valence-corrected chi connectivity index (χ1v) is 6.55. The van der Waals surface area contributed by atoms with Crippen molar-refractivity contribution in [1.82, 2.24) is 20.5 Å². The van der Waals surface area contributed by atoms with Crippen molar-refractivity contribution in [3.05, 3.63) is 36.0 Å². The van der Waals surface area contributed by atoms with Gasteiger partial charge >= 0.3 is 0 Å². The highest BCUT2D eigenvalue weighted by Crippen LogP contribution is 2.18. The molecule has 0 saturated carbocycles. The Labute approximate surface area is 112 Å². The van der Waals surface area contributed by atoms with Crippen molar-refractivity contribution in [1.29, 1.82) is 0 Å². The molecule has 0 atom stereocenters. The predicted molar refractivity (Wildman–Crippen MR) is 75.1 cm³/mol. The van der Waals surface area contributed by atoms with Gasteiger partial charge in [0.25, 0.3) is 0 Å². The molecule has 0 bridgehead atoms. The summed E-state index contributed by atoms with van der Waals surface area (Å²) in [5, 5.41) is 11.6. The fourth-order valence-corrected chi connectivity index (χ4v) is 2.25. The minimum absolute atomic E-state index is 0.694. The summed E-state index contributed by atoms with van der Waals surface area (Å²) in [6.45, 7) is 5.97. The molecule has 19 heavy (non-hydrogen) atoms. The summed E-state index contributed by atoms with van der Waals surface area (Å²) in [5.41, 5.74) is 2.22. The molecule has 2 heterocycles. The fraction of sp³-hybridized carbons (Fsp3) is 0.357. The standard InChI is InChI=1S/C14H17N5/c1-11-3-2-4-12(9-11)14-17-13(10-16-18-14)19-7-5-15-6-8-19/h2-4,9-10,15H,5-8H2,1H3. The van der Waals surface area contributed by atoms with Crippen LogP contribution in [0.3, 0.4) is 0 Å². The number of anilines is 1. The lowest BCUT2D eigenvalue weighted by molar-refractivity contribution is 0.583. The number of nitrogens with one attached hydrogen (secondary N) is 1. The Morgan fingerprint density at radius 1 is 1.21 bits per heavy atom. The van der Waals surface area contributed by atoms with Gasteiger partial charge in [0.05, 0.1) is 6.20 Å². The van der Waals surface area contributed by atoms with Crippen LogP contribution >= 0.6 is 0 Å². The molecule has 0 aliphatic carbocycles. The van der Waals surface area contributed by atoms with Gasteiger partial charge in [-0.05, 0) is 13.0 Å². The second-order valence-electron chi connectivity index (χ2n) is 4.74. The highest BCUT2D eigenvalue weighted by Gasteiger charge is 2.13. The Bertz CT molecular complexity index is 563. The quantitative estimate of drug-likeness (QED) is 0.875. The molecule has 0 spiro atoms. The van der Waals surface area contributed by atoms with Crippen LogP contribution in [0.25, 0.3) is 11.4 Å². The lowest BCUT2D eigenvalue weighted by Crippen LogP contribution is -2.44. The molecule has 1 aromatic carbocycles. The minimum atomic E-state index is 0.694. The van der Waals surface area contributed by atoms with Crippen molar-refractivity contribution < 1.29 is 0 Å². The molecular weight excluding hydrogens is 238 g/mol. The number of hydrogen-bond acceptors (Lipinski definition) is 5.